The molecular formula is C20H22FN3O2S. The topological polar surface area (TPSA) is 56.0 Å². The van der Waals surface area contributed by atoms with Crippen LogP contribution in [0.25, 0.3) is 11.0 Å². The first-order valence-corrected chi connectivity index (χ1v) is 9.80. The normalized spacial score (nSPS) is 11.1. The van der Waals surface area contributed by atoms with E-state index < -0.39 is 11.7 Å². The van der Waals surface area contributed by atoms with Crippen molar-refractivity contribution in [2.45, 2.75) is 24.7 Å². The van der Waals surface area contributed by atoms with Gasteiger partial charge in [-0.3, -0.25) is 13.9 Å². The van der Waals surface area contributed by atoms with Gasteiger partial charge in [-0.25, -0.2) is 9.18 Å². The van der Waals surface area contributed by atoms with Crippen LogP contribution in [0.2, 0.25) is 0 Å². The average molecular weight is 387 g/mol. The van der Waals surface area contributed by atoms with Crippen LogP contribution in [0.4, 0.5) is 10.1 Å². The molecule has 0 unspecified atom stereocenters. The second-order valence-electron chi connectivity index (χ2n) is 6.37. The summed E-state index contributed by atoms with van der Waals surface area (Å²) in [5.41, 5.74) is 1.95. The minimum atomic E-state index is -0.566. The first-order chi connectivity index (χ1) is 12.9. The van der Waals surface area contributed by atoms with Gasteiger partial charge in [0.15, 0.2) is 0 Å². The van der Waals surface area contributed by atoms with Crippen molar-refractivity contribution in [3.8, 4) is 0 Å². The molecule has 0 atom stereocenters. The van der Waals surface area contributed by atoms with Crippen LogP contribution in [0.3, 0.4) is 0 Å². The van der Waals surface area contributed by atoms with Gasteiger partial charge in [-0.05, 0) is 36.4 Å². The second kappa shape index (κ2) is 8.00. The Kier molecular flexibility index (Phi) is 5.70. The van der Waals surface area contributed by atoms with Gasteiger partial charge in [0.25, 0.3) is 5.91 Å². The fourth-order valence-electron chi connectivity index (χ4n) is 2.90. The van der Waals surface area contributed by atoms with Crippen molar-refractivity contribution >= 4 is 34.4 Å². The number of hydrogen-bond donors (Lipinski definition) is 1. The monoisotopic (exact) mass is 387 g/mol. The highest BCUT2D eigenvalue weighted by Crippen LogP contribution is 2.32. The van der Waals surface area contributed by atoms with Gasteiger partial charge in [0.2, 0.25) is 0 Å². The van der Waals surface area contributed by atoms with Crippen molar-refractivity contribution in [2.24, 2.45) is 14.1 Å². The molecule has 1 heterocycles. The smallest absolute Gasteiger partial charge is 0.321 e. The van der Waals surface area contributed by atoms with Gasteiger partial charge in [0.1, 0.15) is 5.82 Å². The fourth-order valence-corrected chi connectivity index (χ4v) is 4.02. The fraction of sp³-hybridized carbons (Fsp3) is 0.300. The molecule has 5 nitrogen and oxygen atoms in total. The van der Waals surface area contributed by atoms with Gasteiger partial charge in [0, 0.05) is 19.0 Å². The molecule has 7 heteroatoms. The number of thioether (sulfide) groups is 1. The highest BCUT2D eigenvalue weighted by molar-refractivity contribution is 7.99. The van der Waals surface area contributed by atoms with Gasteiger partial charge in [-0.1, -0.05) is 25.5 Å². The van der Waals surface area contributed by atoms with Crippen LogP contribution in [0.1, 0.15) is 30.1 Å². The Hall–Kier alpha value is -2.54. The lowest BCUT2D eigenvalue weighted by Gasteiger charge is -2.12. The molecule has 0 bridgehead atoms. The predicted octanol–water partition coefficient (Wildman–Crippen LogP) is 4.16. The SMILES string of the molecule is CCCCSc1cc2c(cc1NC(=O)c1ccccc1F)n(C)c(=O)n2C. The van der Waals surface area contributed by atoms with Crippen LogP contribution in [0, 0.1) is 5.82 Å². The molecule has 27 heavy (non-hydrogen) atoms. The summed E-state index contributed by atoms with van der Waals surface area (Å²) in [5.74, 6) is -0.181. The van der Waals surface area contributed by atoms with E-state index in [1.807, 2.05) is 6.07 Å². The van der Waals surface area contributed by atoms with Crippen molar-refractivity contribution in [3.63, 3.8) is 0 Å². The molecule has 1 aromatic heterocycles. The number of hydrogen-bond acceptors (Lipinski definition) is 3. The van der Waals surface area contributed by atoms with E-state index in [0.717, 1.165) is 29.0 Å². The third-order valence-corrected chi connectivity index (χ3v) is 5.64. The second-order valence-corrected chi connectivity index (χ2v) is 7.51. The summed E-state index contributed by atoms with van der Waals surface area (Å²) in [7, 11) is 3.42. The van der Waals surface area contributed by atoms with Gasteiger partial charge in [-0.2, -0.15) is 0 Å². The Labute approximate surface area is 161 Å². The molecule has 0 saturated heterocycles. The molecule has 142 valence electrons. The highest BCUT2D eigenvalue weighted by atomic mass is 32.2. The number of carbonyl (C=O) groups excluding carboxylic acids is 1. The molecule has 0 saturated carbocycles. The number of nitrogens with one attached hydrogen (secondary N) is 1. The maximum Gasteiger partial charge on any atom is 0.328 e. The summed E-state index contributed by atoms with van der Waals surface area (Å²) in [5, 5.41) is 2.82. The number of aryl methyl sites for hydroxylation is 2. The van der Waals surface area contributed by atoms with E-state index >= 15 is 0 Å². The van der Waals surface area contributed by atoms with Crippen LogP contribution in [0.15, 0.2) is 46.1 Å². The van der Waals surface area contributed by atoms with E-state index in [4.69, 9.17) is 0 Å². The molecule has 1 N–H and O–H groups in total. The van der Waals surface area contributed by atoms with E-state index in [-0.39, 0.29) is 11.3 Å². The van der Waals surface area contributed by atoms with Crippen molar-refractivity contribution in [3.05, 3.63) is 58.3 Å². The molecule has 0 aliphatic carbocycles. The van der Waals surface area contributed by atoms with Gasteiger partial charge in [-0.15, -0.1) is 11.8 Å². The largest absolute Gasteiger partial charge is 0.328 e. The van der Waals surface area contributed by atoms with Crippen molar-refractivity contribution in [2.75, 3.05) is 11.1 Å². The Morgan fingerprint density at radius 2 is 1.81 bits per heavy atom. The number of unbranched alkanes of at least 4 members (excludes halogenated alkanes) is 1. The van der Waals surface area contributed by atoms with Crippen LogP contribution < -0.4 is 11.0 Å². The van der Waals surface area contributed by atoms with E-state index in [1.54, 1.807) is 48.6 Å². The summed E-state index contributed by atoms with van der Waals surface area (Å²) >= 11 is 1.62. The molecule has 1 amide bonds. The number of anilines is 1. The van der Waals surface area contributed by atoms with Crippen molar-refractivity contribution in [1.29, 1.82) is 0 Å². The zero-order valence-corrected chi connectivity index (χ0v) is 16.4. The molecule has 0 radical (unpaired) electrons. The lowest BCUT2D eigenvalue weighted by molar-refractivity contribution is 0.102. The number of benzene rings is 2. The van der Waals surface area contributed by atoms with Crippen LogP contribution >= 0.6 is 11.8 Å². The molecule has 0 spiro atoms. The van der Waals surface area contributed by atoms with Gasteiger partial charge in [0.05, 0.1) is 22.3 Å². The minimum absolute atomic E-state index is 0.0101. The molecule has 0 fully saturated rings. The summed E-state index contributed by atoms with van der Waals surface area (Å²) < 4.78 is 17.1. The number of nitrogens with zero attached hydrogens (tertiary/aromatic N) is 2. The summed E-state index contributed by atoms with van der Waals surface area (Å²) in [6, 6.07) is 9.57. The Balaban J connectivity index is 2.04. The molecule has 0 aliphatic heterocycles. The zero-order valence-electron chi connectivity index (χ0n) is 15.6. The van der Waals surface area contributed by atoms with Gasteiger partial charge < -0.3 is 5.32 Å². The maximum absolute atomic E-state index is 14.0. The lowest BCUT2D eigenvalue weighted by atomic mass is 10.2. The number of aromatic nitrogens is 2. The average Bonchev–Trinajstić information content (AvgIpc) is 2.86. The first kappa shape index (κ1) is 19.2. The summed E-state index contributed by atoms with van der Waals surface area (Å²) in [4.78, 5) is 25.7. The molecule has 3 rings (SSSR count). The minimum Gasteiger partial charge on any atom is -0.321 e. The molecule has 2 aromatic carbocycles. The summed E-state index contributed by atoms with van der Waals surface area (Å²) in [6.45, 7) is 2.12. The number of halogens is 1. The quantitative estimate of drug-likeness (QED) is 0.510. The molecular weight excluding hydrogens is 365 g/mol. The molecule has 3 aromatic rings. The van der Waals surface area contributed by atoms with Crippen LogP contribution in [-0.2, 0) is 14.1 Å². The van der Waals surface area contributed by atoms with E-state index in [0.29, 0.717) is 11.2 Å². The predicted molar refractivity (Wildman–Crippen MR) is 108 cm³/mol. The van der Waals surface area contributed by atoms with Crippen molar-refractivity contribution < 1.29 is 9.18 Å². The van der Waals surface area contributed by atoms with Crippen molar-refractivity contribution in [1.82, 2.24) is 9.13 Å². The third kappa shape index (κ3) is 3.78. The number of carbonyl (C=O) groups is 1. The first-order valence-electron chi connectivity index (χ1n) is 8.82. The zero-order chi connectivity index (χ0) is 19.6. The molecule has 0 aliphatic rings. The van der Waals surface area contributed by atoms with Gasteiger partial charge >= 0.3 is 5.69 Å². The maximum atomic E-state index is 14.0. The Morgan fingerprint density at radius 3 is 2.48 bits per heavy atom. The number of imidazole rings is 1. The third-order valence-electron chi connectivity index (χ3n) is 4.50. The Morgan fingerprint density at radius 1 is 1.15 bits per heavy atom. The highest BCUT2D eigenvalue weighted by Gasteiger charge is 2.17. The van der Waals surface area contributed by atoms with E-state index in [9.17, 15) is 14.0 Å². The van der Waals surface area contributed by atoms with Crippen LogP contribution in [-0.4, -0.2) is 20.8 Å². The summed E-state index contributed by atoms with van der Waals surface area (Å²) in [6.07, 6.45) is 2.10. The lowest BCUT2D eigenvalue weighted by Crippen LogP contribution is -2.19. The standard InChI is InChI=1S/C20H22FN3O2S/c1-4-5-10-27-18-12-17-16(23(2)20(26)24(17)3)11-15(18)22-19(25)13-8-6-7-9-14(13)21/h6-9,11-12H,4-5,10H2,1-3H3,(H,22,25). The number of rotatable bonds is 6. The van der Waals surface area contributed by atoms with E-state index in [2.05, 4.69) is 12.2 Å². The Bertz CT molecular complexity index is 1060. The van der Waals surface area contributed by atoms with E-state index in [1.165, 1.54) is 16.7 Å². The number of fused-ring (bicyclic) bond motifs is 1. The van der Waals surface area contributed by atoms with Crippen LogP contribution in [0.5, 0.6) is 0 Å². The number of amides is 1.